The van der Waals surface area contributed by atoms with Gasteiger partial charge in [-0.2, -0.15) is 13.2 Å². The molecule has 11 heteroatoms. The highest BCUT2D eigenvalue weighted by molar-refractivity contribution is 5.79. The number of hydrogen-bond acceptors (Lipinski definition) is 6. The number of amides is 1. The Morgan fingerprint density at radius 3 is 2.54 bits per heavy atom. The van der Waals surface area contributed by atoms with Gasteiger partial charge in [-0.1, -0.05) is 12.1 Å². The largest absolute Gasteiger partial charge is 0.470 e. The van der Waals surface area contributed by atoms with Crippen molar-refractivity contribution in [2.75, 3.05) is 13.1 Å². The Bertz CT molecular complexity index is 1060. The zero-order valence-corrected chi connectivity index (χ0v) is 14.5. The van der Waals surface area contributed by atoms with Crippen LogP contribution < -0.4 is 5.76 Å². The number of hydrogen-bond donors (Lipinski definition) is 0. The Morgan fingerprint density at radius 2 is 1.86 bits per heavy atom. The number of carbonyl (C=O) groups excluding carboxylic acids is 1. The van der Waals surface area contributed by atoms with E-state index in [4.69, 9.17) is 8.83 Å². The summed E-state index contributed by atoms with van der Waals surface area (Å²) in [5, 5.41) is 6.52. The van der Waals surface area contributed by atoms with E-state index in [-0.39, 0.29) is 24.3 Å². The van der Waals surface area contributed by atoms with Crippen LogP contribution in [0.15, 0.2) is 37.9 Å². The molecule has 1 aliphatic heterocycles. The molecule has 0 spiro atoms. The second-order valence-corrected chi connectivity index (χ2v) is 6.52. The highest BCUT2D eigenvalue weighted by Gasteiger charge is 2.39. The molecular formula is C17H15F3N4O4. The van der Waals surface area contributed by atoms with E-state index in [0.717, 1.165) is 0 Å². The SMILES string of the molecule is O=C(Cn1c(=O)oc2ccccc21)N1CCC(c2nnc(C(F)(F)F)o2)CC1. The first-order chi connectivity index (χ1) is 13.3. The first-order valence-electron chi connectivity index (χ1n) is 8.59. The molecule has 0 N–H and O–H groups in total. The number of nitrogens with zero attached hydrogens (tertiary/aromatic N) is 4. The summed E-state index contributed by atoms with van der Waals surface area (Å²) in [4.78, 5) is 26.1. The molecule has 1 aliphatic rings. The number of carbonyl (C=O) groups is 1. The van der Waals surface area contributed by atoms with Gasteiger partial charge in [-0.15, -0.1) is 10.2 Å². The molecule has 0 atom stereocenters. The number of piperidine rings is 1. The lowest BCUT2D eigenvalue weighted by Gasteiger charge is -2.30. The molecule has 0 radical (unpaired) electrons. The average Bonchev–Trinajstić information content (AvgIpc) is 3.27. The number of para-hydroxylation sites is 2. The van der Waals surface area contributed by atoms with Gasteiger partial charge in [0.1, 0.15) is 6.54 Å². The molecule has 3 heterocycles. The van der Waals surface area contributed by atoms with Crippen molar-refractivity contribution >= 4 is 17.0 Å². The average molecular weight is 396 g/mol. The van der Waals surface area contributed by atoms with Crippen molar-refractivity contribution in [3.63, 3.8) is 0 Å². The van der Waals surface area contributed by atoms with Crippen LogP contribution in [0.1, 0.15) is 30.5 Å². The van der Waals surface area contributed by atoms with Crippen molar-refractivity contribution < 1.29 is 26.8 Å². The summed E-state index contributed by atoms with van der Waals surface area (Å²) in [5.74, 6) is -2.67. The van der Waals surface area contributed by atoms with Gasteiger partial charge < -0.3 is 13.7 Å². The van der Waals surface area contributed by atoms with Gasteiger partial charge >= 0.3 is 17.8 Å². The molecule has 1 fully saturated rings. The monoisotopic (exact) mass is 396 g/mol. The second kappa shape index (κ2) is 6.80. The standard InChI is InChI=1S/C17H15F3N4O4/c18-17(19,20)15-22-21-14(28-15)10-5-7-23(8-6-10)13(25)9-24-11-3-1-2-4-12(11)27-16(24)26/h1-4,10H,5-9H2. The molecular weight excluding hydrogens is 381 g/mol. The molecule has 0 unspecified atom stereocenters. The lowest BCUT2D eigenvalue weighted by molar-refractivity contribution is -0.157. The molecule has 1 aromatic carbocycles. The number of rotatable bonds is 3. The molecule has 148 valence electrons. The van der Waals surface area contributed by atoms with Crippen LogP contribution in [0.4, 0.5) is 13.2 Å². The van der Waals surface area contributed by atoms with Gasteiger partial charge in [0.2, 0.25) is 11.8 Å². The van der Waals surface area contributed by atoms with Crippen LogP contribution in [-0.2, 0) is 17.5 Å². The summed E-state index contributed by atoms with van der Waals surface area (Å²) in [6.07, 6.45) is -3.89. The Morgan fingerprint density at radius 1 is 1.14 bits per heavy atom. The fourth-order valence-electron chi connectivity index (χ4n) is 3.29. The van der Waals surface area contributed by atoms with Crippen LogP contribution in [0.3, 0.4) is 0 Å². The smallest absolute Gasteiger partial charge is 0.417 e. The first kappa shape index (κ1) is 18.3. The summed E-state index contributed by atoms with van der Waals surface area (Å²) in [6, 6.07) is 6.80. The van der Waals surface area contributed by atoms with Crippen LogP contribution in [0.5, 0.6) is 0 Å². The van der Waals surface area contributed by atoms with Gasteiger partial charge in [0.15, 0.2) is 5.58 Å². The summed E-state index contributed by atoms with van der Waals surface area (Å²) in [6.45, 7) is 0.467. The van der Waals surface area contributed by atoms with Crippen molar-refractivity contribution in [2.24, 2.45) is 0 Å². The second-order valence-electron chi connectivity index (χ2n) is 6.52. The van der Waals surface area contributed by atoms with E-state index in [9.17, 15) is 22.8 Å². The maximum absolute atomic E-state index is 12.6. The minimum absolute atomic E-state index is 0.0727. The molecule has 8 nitrogen and oxygen atoms in total. The molecule has 2 aromatic heterocycles. The highest BCUT2D eigenvalue weighted by atomic mass is 19.4. The molecule has 0 saturated carbocycles. The maximum Gasteiger partial charge on any atom is 0.470 e. The highest BCUT2D eigenvalue weighted by Crippen LogP contribution is 2.32. The van der Waals surface area contributed by atoms with Crippen molar-refractivity contribution in [1.82, 2.24) is 19.7 Å². The number of oxazole rings is 1. The normalized spacial score (nSPS) is 16.0. The van der Waals surface area contributed by atoms with Gasteiger partial charge in [0.05, 0.1) is 5.52 Å². The Hall–Kier alpha value is -3.11. The fraction of sp³-hybridized carbons (Fsp3) is 0.412. The Labute approximate surface area is 155 Å². The number of fused-ring (bicyclic) bond motifs is 1. The first-order valence-corrected chi connectivity index (χ1v) is 8.59. The number of aromatic nitrogens is 3. The third kappa shape index (κ3) is 3.39. The van der Waals surface area contributed by atoms with Gasteiger partial charge in [-0.3, -0.25) is 9.36 Å². The topological polar surface area (TPSA) is 94.4 Å². The van der Waals surface area contributed by atoms with Crippen LogP contribution >= 0.6 is 0 Å². The van der Waals surface area contributed by atoms with E-state index in [0.29, 0.717) is 37.0 Å². The van der Waals surface area contributed by atoms with Gasteiger partial charge in [-0.05, 0) is 25.0 Å². The summed E-state index contributed by atoms with van der Waals surface area (Å²) in [7, 11) is 0. The molecule has 3 aromatic rings. The quantitative estimate of drug-likeness (QED) is 0.675. The summed E-state index contributed by atoms with van der Waals surface area (Å²) in [5.41, 5.74) is 0.928. The van der Waals surface area contributed by atoms with Crippen LogP contribution in [0, 0.1) is 0 Å². The van der Waals surface area contributed by atoms with Crippen molar-refractivity contribution in [1.29, 1.82) is 0 Å². The molecule has 1 amide bonds. The van der Waals surface area contributed by atoms with E-state index >= 15 is 0 Å². The fourth-order valence-corrected chi connectivity index (χ4v) is 3.29. The number of halogens is 3. The van der Waals surface area contributed by atoms with Gasteiger partial charge in [0.25, 0.3) is 0 Å². The van der Waals surface area contributed by atoms with E-state index in [2.05, 4.69) is 10.2 Å². The van der Waals surface area contributed by atoms with Crippen molar-refractivity contribution in [3.8, 4) is 0 Å². The minimum Gasteiger partial charge on any atom is -0.417 e. The molecule has 0 aliphatic carbocycles. The lowest BCUT2D eigenvalue weighted by Crippen LogP contribution is -2.40. The number of benzene rings is 1. The van der Waals surface area contributed by atoms with E-state index < -0.39 is 17.8 Å². The summed E-state index contributed by atoms with van der Waals surface area (Å²) < 4.78 is 48.8. The van der Waals surface area contributed by atoms with E-state index in [1.54, 1.807) is 29.2 Å². The van der Waals surface area contributed by atoms with Crippen molar-refractivity contribution in [2.45, 2.75) is 31.5 Å². The molecule has 0 bridgehead atoms. The molecule has 28 heavy (non-hydrogen) atoms. The third-order valence-corrected chi connectivity index (χ3v) is 4.75. The number of likely N-dealkylation sites (tertiary alicyclic amines) is 1. The summed E-state index contributed by atoms with van der Waals surface area (Å²) >= 11 is 0. The predicted molar refractivity (Wildman–Crippen MR) is 88.3 cm³/mol. The zero-order valence-electron chi connectivity index (χ0n) is 14.5. The Kier molecular flexibility index (Phi) is 4.44. The van der Waals surface area contributed by atoms with E-state index in [1.807, 2.05) is 0 Å². The zero-order chi connectivity index (χ0) is 19.9. The Balaban J connectivity index is 1.41. The predicted octanol–water partition coefficient (Wildman–Crippen LogP) is 2.40. The number of alkyl halides is 3. The van der Waals surface area contributed by atoms with E-state index in [1.165, 1.54) is 4.57 Å². The minimum atomic E-state index is -4.68. The van der Waals surface area contributed by atoms with Gasteiger partial charge in [-0.25, -0.2) is 4.79 Å². The van der Waals surface area contributed by atoms with Crippen molar-refractivity contribution in [3.05, 3.63) is 46.6 Å². The van der Waals surface area contributed by atoms with Crippen LogP contribution in [0.25, 0.3) is 11.1 Å². The van der Waals surface area contributed by atoms with Crippen LogP contribution in [-0.4, -0.2) is 38.7 Å². The van der Waals surface area contributed by atoms with Crippen LogP contribution in [0.2, 0.25) is 0 Å². The third-order valence-electron chi connectivity index (χ3n) is 4.75. The molecule has 1 saturated heterocycles. The van der Waals surface area contributed by atoms with Gasteiger partial charge in [0, 0.05) is 19.0 Å². The maximum atomic E-state index is 12.6. The lowest BCUT2D eigenvalue weighted by atomic mass is 9.97. The molecule has 4 rings (SSSR count).